The number of carbonyl (C=O) groups excluding carboxylic acids is 1. The molecule has 3 aromatic rings. The molecule has 0 spiro atoms. The number of hydrogen-bond donors (Lipinski definition) is 3. The summed E-state index contributed by atoms with van der Waals surface area (Å²) in [7, 11) is 0. The molecule has 1 amide bonds. The van der Waals surface area contributed by atoms with Crippen molar-refractivity contribution in [1.82, 2.24) is 15.4 Å². The van der Waals surface area contributed by atoms with Gasteiger partial charge in [0.05, 0.1) is 16.8 Å². The fraction of sp³-hybridized carbons (Fsp3) is 0.158. The molecule has 0 saturated heterocycles. The van der Waals surface area contributed by atoms with E-state index in [0.29, 0.717) is 17.8 Å². The zero-order chi connectivity index (χ0) is 18.7. The molecular weight excluding hydrogens is 332 g/mol. The highest BCUT2D eigenvalue weighted by atomic mass is 16.3. The molecule has 0 aliphatic rings. The lowest BCUT2D eigenvalue weighted by Crippen LogP contribution is -2.23. The van der Waals surface area contributed by atoms with Crippen molar-refractivity contribution in [1.29, 1.82) is 0 Å². The van der Waals surface area contributed by atoms with E-state index in [1.807, 2.05) is 37.3 Å². The van der Waals surface area contributed by atoms with Crippen molar-refractivity contribution in [2.75, 3.05) is 0 Å². The molecule has 0 radical (unpaired) electrons. The number of nitrogens with zero attached hydrogens (tertiary/aromatic N) is 2. The molecule has 0 unspecified atom stereocenters. The van der Waals surface area contributed by atoms with Crippen molar-refractivity contribution >= 4 is 22.9 Å². The molecule has 132 valence electrons. The molecule has 7 heteroatoms. The van der Waals surface area contributed by atoms with E-state index < -0.39 is 11.5 Å². The minimum atomic E-state index is -0.693. The lowest BCUT2D eigenvalue weighted by molar-refractivity contribution is 0.0947. The SMILES string of the molecule is CC/C=N/NC(=O)c1[nH]c(=O)c2c(C)nc(-c3ccccc3)cc2c1O. The predicted molar refractivity (Wildman–Crippen MR) is 100 cm³/mol. The maximum atomic E-state index is 12.4. The first kappa shape index (κ1) is 17.3. The van der Waals surface area contributed by atoms with Gasteiger partial charge in [0, 0.05) is 17.2 Å². The second kappa shape index (κ2) is 7.18. The van der Waals surface area contributed by atoms with E-state index in [2.05, 4.69) is 20.5 Å². The molecule has 0 atom stereocenters. The highest BCUT2D eigenvalue weighted by Gasteiger charge is 2.19. The fourth-order valence-electron chi connectivity index (χ4n) is 2.69. The van der Waals surface area contributed by atoms with E-state index in [1.165, 1.54) is 6.21 Å². The van der Waals surface area contributed by atoms with Gasteiger partial charge in [-0.05, 0) is 19.4 Å². The molecule has 0 saturated carbocycles. The maximum absolute atomic E-state index is 12.4. The monoisotopic (exact) mass is 350 g/mol. The lowest BCUT2D eigenvalue weighted by atomic mass is 10.0. The number of benzene rings is 1. The second-order valence-electron chi connectivity index (χ2n) is 5.72. The van der Waals surface area contributed by atoms with E-state index >= 15 is 0 Å². The summed E-state index contributed by atoms with van der Waals surface area (Å²) in [5.41, 5.74) is 3.46. The van der Waals surface area contributed by atoms with Crippen LogP contribution in [0.25, 0.3) is 22.0 Å². The summed E-state index contributed by atoms with van der Waals surface area (Å²) in [5, 5.41) is 14.8. The molecule has 0 aliphatic carbocycles. The summed E-state index contributed by atoms with van der Waals surface area (Å²) in [6, 6.07) is 11.0. The number of aromatic amines is 1. The first-order chi connectivity index (χ1) is 12.5. The highest BCUT2D eigenvalue weighted by Crippen LogP contribution is 2.30. The zero-order valence-electron chi connectivity index (χ0n) is 14.4. The number of H-pyrrole nitrogens is 1. The number of rotatable bonds is 4. The van der Waals surface area contributed by atoms with Gasteiger partial charge < -0.3 is 10.1 Å². The van der Waals surface area contributed by atoms with Gasteiger partial charge in [0.2, 0.25) is 0 Å². The number of amides is 1. The van der Waals surface area contributed by atoms with Crippen LogP contribution < -0.4 is 11.0 Å². The summed E-state index contributed by atoms with van der Waals surface area (Å²) in [5.74, 6) is -1.01. The molecule has 26 heavy (non-hydrogen) atoms. The molecule has 0 bridgehead atoms. The summed E-state index contributed by atoms with van der Waals surface area (Å²) in [4.78, 5) is 31.5. The maximum Gasteiger partial charge on any atom is 0.291 e. The molecule has 7 nitrogen and oxygen atoms in total. The number of hydrogen-bond acceptors (Lipinski definition) is 5. The van der Waals surface area contributed by atoms with Gasteiger partial charge in [-0.15, -0.1) is 0 Å². The molecule has 0 aliphatic heterocycles. The third kappa shape index (κ3) is 3.19. The van der Waals surface area contributed by atoms with Gasteiger partial charge >= 0.3 is 0 Å². The Bertz CT molecular complexity index is 1060. The standard InChI is InChI=1S/C19H18N4O3/c1-3-9-20-23-19(26)16-17(24)13-10-14(12-7-5-4-6-8-12)21-11(2)15(13)18(25)22-16/h4-10,24H,3H2,1-2H3,(H,22,25)(H,23,26)/b20-9+. The van der Waals surface area contributed by atoms with Crippen LogP contribution in [0.5, 0.6) is 5.75 Å². The number of aromatic nitrogens is 2. The summed E-state index contributed by atoms with van der Waals surface area (Å²) >= 11 is 0. The van der Waals surface area contributed by atoms with Crippen LogP contribution in [0.2, 0.25) is 0 Å². The zero-order valence-corrected chi connectivity index (χ0v) is 14.4. The van der Waals surface area contributed by atoms with Crippen molar-refractivity contribution in [2.24, 2.45) is 5.10 Å². The Morgan fingerprint density at radius 2 is 2.08 bits per heavy atom. The smallest absolute Gasteiger partial charge is 0.291 e. The minimum Gasteiger partial charge on any atom is -0.505 e. The quantitative estimate of drug-likeness (QED) is 0.497. The molecule has 1 aromatic carbocycles. The first-order valence-electron chi connectivity index (χ1n) is 8.16. The summed E-state index contributed by atoms with van der Waals surface area (Å²) < 4.78 is 0. The normalized spacial score (nSPS) is 11.2. The van der Waals surface area contributed by atoms with E-state index in [-0.39, 0.29) is 22.2 Å². The third-order valence-corrected chi connectivity index (χ3v) is 3.89. The number of hydrazone groups is 1. The Hall–Kier alpha value is -3.48. The fourth-order valence-corrected chi connectivity index (χ4v) is 2.69. The Kier molecular flexibility index (Phi) is 4.79. The van der Waals surface area contributed by atoms with Gasteiger partial charge in [0.1, 0.15) is 0 Å². The summed E-state index contributed by atoms with van der Waals surface area (Å²) in [6.07, 6.45) is 2.15. The van der Waals surface area contributed by atoms with E-state index in [1.54, 1.807) is 13.0 Å². The molecule has 2 heterocycles. The molecular formula is C19H18N4O3. The average molecular weight is 350 g/mol. The van der Waals surface area contributed by atoms with E-state index in [9.17, 15) is 14.7 Å². The van der Waals surface area contributed by atoms with Crippen LogP contribution in [0.15, 0.2) is 46.3 Å². The van der Waals surface area contributed by atoms with Crippen molar-refractivity contribution in [3.63, 3.8) is 0 Å². The van der Waals surface area contributed by atoms with E-state index in [4.69, 9.17) is 0 Å². The number of aromatic hydroxyl groups is 1. The van der Waals surface area contributed by atoms with Gasteiger partial charge in [-0.2, -0.15) is 5.10 Å². The van der Waals surface area contributed by atoms with Crippen LogP contribution in [0.4, 0.5) is 0 Å². The minimum absolute atomic E-state index is 0.236. The van der Waals surface area contributed by atoms with Crippen LogP contribution in [0.1, 0.15) is 29.5 Å². The van der Waals surface area contributed by atoms with Crippen molar-refractivity contribution in [3.05, 3.63) is 58.1 Å². The third-order valence-electron chi connectivity index (χ3n) is 3.89. The van der Waals surface area contributed by atoms with Gasteiger partial charge in [0.15, 0.2) is 11.4 Å². The van der Waals surface area contributed by atoms with E-state index in [0.717, 1.165) is 5.56 Å². The number of fused-ring (bicyclic) bond motifs is 1. The van der Waals surface area contributed by atoms with Gasteiger partial charge in [-0.3, -0.25) is 14.6 Å². The molecule has 3 N–H and O–H groups in total. The molecule has 3 rings (SSSR count). The molecule has 0 fully saturated rings. The Labute approximate surface area is 149 Å². The Morgan fingerprint density at radius 1 is 1.35 bits per heavy atom. The molecule has 2 aromatic heterocycles. The number of nitrogens with one attached hydrogen (secondary N) is 2. The average Bonchev–Trinajstić information content (AvgIpc) is 2.65. The van der Waals surface area contributed by atoms with Crippen molar-refractivity contribution < 1.29 is 9.90 Å². The second-order valence-corrected chi connectivity index (χ2v) is 5.72. The topological polar surface area (TPSA) is 107 Å². The lowest BCUT2D eigenvalue weighted by Gasteiger charge is -2.10. The van der Waals surface area contributed by atoms with Crippen molar-refractivity contribution in [2.45, 2.75) is 20.3 Å². The van der Waals surface area contributed by atoms with Gasteiger partial charge in [-0.25, -0.2) is 5.43 Å². The van der Waals surface area contributed by atoms with Crippen LogP contribution in [-0.2, 0) is 0 Å². The first-order valence-corrected chi connectivity index (χ1v) is 8.16. The van der Waals surface area contributed by atoms with Crippen LogP contribution in [0, 0.1) is 6.92 Å². The highest BCUT2D eigenvalue weighted by molar-refractivity contribution is 6.02. The largest absolute Gasteiger partial charge is 0.505 e. The van der Waals surface area contributed by atoms with Crippen molar-refractivity contribution in [3.8, 4) is 17.0 Å². The summed E-state index contributed by atoms with van der Waals surface area (Å²) in [6.45, 7) is 3.56. The van der Waals surface area contributed by atoms with Gasteiger partial charge in [-0.1, -0.05) is 37.3 Å². The predicted octanol–water partition coefficient (Wildman–Crippen LogP) is 2.73. The Balaban J connectivity index is 2.19. The number of aryl methyl sites for hydroxylation is 1. The van der Waals surface area contributed by atoms with Crippen LogP contribution in [0.3, 0.4) is 0 Å². The Morgan fingerprint density at radius 3 is 2.77 bits per heavy atom. The number of pyridine rings is 2. The van der Waals surface area contributed by atoms with Crippen LogP contribution >= 0.6 is 0 Å². The number of carbonyl (C=O) groups is 1. The van der Waals surface area contributed by atoms with Gasteiger partial charge in [0.25, 0.3) is 11.5 Å². The van der Waals surface area contributed by atoms with Crippen LogP contribution in [-0.4, -0.2) is 27.2 Å².